The minimum atomic E-state index is -1.05. The largest absolute Gasteiger partial charge is 0.481 e. The molecule has 1 aliphatic heterocycles. The Labute approximate surface area is 149 Å². The minimum Gasteiger partial charge on any atom is -0.481 e. The first-order chi connectivity index (χ1) is 11.2. The summed E-state index contributed by atoms with van der Waals surface area (Å²) in [5.74, 6) is -1.46. The van der Waals surface area contributed by atoms with E-state index < -0.39 is 17.4 Å². The van der Waals surface area contributed by atoms with Gasteiger partial charge in [-0.25, -0.2) is 0 Å². The summed E-state index contributed by atoms with van der Waals surface area (Å²) in [7, 11) is 0. The van der Waals surface area contributed by atoms with E-state index in [1.165, 1.54) is 0 Å². The Kier molecular flexibility index (Phi) is 5.64. The lowest BCUT2D eigenvalue weighted by Crippen LogP contribution is -2.49. The van der Waals surface area contributed by atoms with Crippen molar-refractivity contribution in [1.29, 1.82) is 0 Å². The van der Waals surface area contributed by atoms with Crippen LogP contribution in [0.15, 0.2) is 28.7 Å². The smallest absolute Gasteiger partial charge is 0.310 e. The first-order valence-electron chi connectivity index (χ1n) is 7.80. The Hall–Kier alpha value is -1.89. The minimum absolute atomic E-state index is 0.0258. The molecule has 1 saturated heterocycles. The lowest BCUT2D eigenvalue weighted by Gasteiger charge is -2.26. The molecule has 0 saturated carbocycles. The SMILES string of the molecule is CC(C)(CNC(=O)C1CCCN1C(=O)c1ccc(Br)cc1)C(=O)O. The Morgan fingerprint density at radius 3 is 2.50 bits per heavy atom. The van der Waals surface area contributed by atoms with Crippen molar-refractivity contribution in [3.63, 3.8) is 0 Å². The van der Waals surface area contributed by atoms with Crippen LogP contribution in [0.3, 0.4) is 0 Å². The molecular formula is C17H21BrN2O4. The number of rotatable bonds is 5. The van der Waals surface area contributed by atoms with E-state index in [-0.39, 0.29) is 18.4 Å². The van der Waals surface area contributed by atoms with Gasteiger partial charge in [0, 0.05) is 23.1 Å². The molecule has 2 rings (SSSR count). The average molecular weight is 397 g/mol. The molecule has 1 aromatic rings. The number of benzene rings is 1. The second kappa shape index (κ2) is 7.34. The van der Waals surface area contributed by atoms with Gasteiger partial charge in [0.05, 0.1) is 5.41 Å². The first kappa shape index (κ1) is 18.4. The molecule has 2 N–H and O–H groups in total. The zero-order valence-corrected chi connectivity index (χ0v) is 15.3. The van der Waals surface area contributed by atoms with Crippen molar-refractivity contribution in [1.82, 2.24) is 10.2 Å². The predicted molar refractivity (Wildman–Crippen MR) is 92.6 cm³/mol. The van der Waals surface area contributed by atoms with Crippen LogP contribution < -0.4 is 5.32 Å². The highest BCUT2D eigenvalue weighted by Gasteiger charge is 2.36. The number of aliphatic carboxylic acids is 1. The number of carbonyl (C=O) groups is 3. The van der Waals surface area contributed by atoms with E-state index in [0.29, 0.717) is 18.5 Å². The van der Waals surface area contributed by atoms with Gasteiger partial charge in [0.25, 0.3) is 5.91 Å². The molecule has 0 bridgehead atoms. The highest BCUT2D eigenvalue weighted by molar-refractivity contribution is 9.10. The molecule has 130 valence electrons. The highest BCUT2D eigenvalue weighted by atomic mass is 79.9. The second-order valence-corrected chi connectivity index (χ2v) is 7.49. The predicted octanol–water partition coefficient (Wildman–Crippen LogP) is 2.28. The maximum Gasteiger partial charge on any atom is 0.310 e. The quantitative estimate of drug-likeness (QED) is 0.798. The van der Waals surface area contributed by atoms with Crippen LogP contribution in [0.25, 0.3) is 0 Å². The summed E-state index contributed by atoms with van der Waals surface area (Å²) in [6, 6.07) is 6.45. The number of carbonyl (C=O) groups excluding carboxylic acids is 2. The van der Waals surface area contributed by atoms with E-state index in [4.69, 9.17) is 5.11 Å². The van der Waals surface area contributed by atoms with Gasteiger partial charge in [-0.2, -0.15) is 0 Å². The molecule has 0 radical (unpaired) electrons. The fourth-order valence-electron chi connectivity index (χ4n) is 2.54. The summed E-state index contributed by atoms with van der Waals surface area (Å²) < 4.78 is 0.880. The average Bonchev–Trinajstić information content (AvgIpc) is 3.02. The lowest BCUT2D eigenvalue weighted by atomic mass is 9.94. The number of carboxylic acids is 1. The maximum absolute atomic E-state index is 12.6. The van der Waals surface area contributed by atoms with E-state index in [0.717, 1.165) is 10.9 Å². The third-order valence-corrected chi connectivity index (χ3v) is 4.72. The van der Waals surface area contributed by atoms with Crippen molar-refractivity contribution in [3.8, 4) is 0 Å². The number of halogens is 1. The third-order valence-electron chi connectivity index (χ3n) is 4.19. The van der Waals surface area contributed by atoms with Crippen LogP contribution in [0, 0.1) is 5.41 Å². The molecule has 1 unspecified atom stereocenters. The van der Waals surface area contributed by atoms with Gasteiger partial charge in [-0.05, 0) is 51.0 Å². The summed E-state index contributed by atoms with van der Waals surface area (Å²) in [6.45, 7) is 3.65. The second-order valence-electron chi connectivity index (χ2n) is 6.57. The van der Waals surface area contributed by atoms with Gasteiger partial charge in [-0.1, -0.05) is 15.9 Å². The summed E-state index contributed by atoms with van der Waals surface area (Å²) >= 11 is 3.33. The Bertz CT molecular complexity index is 642. The van der Waals surface area contributed by atoms with Crippen LogP contribution in [0.4, 0.5) is 0 Å². The molecule has 1 atom stereocenters. The van der Waals surface area contributed by atoms with E-state index >= 15 is 0 Å². The third kappa shape index (κ3) is 4.14. The zero-order chi connectivity index (χ0) is 17.9. The van der Waals surface area contributed by atoms with Crippen LogP contribution in [0.1, 0.15) is 37.0 Å². The van der Waals surface area contributed by atoms with Crippen molar-refractivity contribution in [2.24, 2.45) is 5.41 Å². The molecule has 2 amide bonds. The first-order valence-corrected chi connectivity index (χ1v) is 8.59. The van der Waals surface area contributed by atoms with Gasteiger partial charge >= 0.3 is 5.97 Å². The number of amides is 2. The van der Waals surface area contributed by atoms with E-state index in [2.05, 4.69) is 21.2 Å². The molecule has 0 aliphatic carbocycles. The van der Waals surface area contributed by atoms with Crippen LogP contribution in [0.2, 0.25) is 0 Å². The normalized spacial score (nSPS) is 17.6. The van der Waals surface area contributed by atoms with Gasteiger partial charge in [0.15, 0.2) is 0 Å². The van der Waals surface area contributed by atoms with Crippen LogP contribution >= 0.6 is 15.9 Å². The fourth-order valence-corrected chi connectivity index (χ4v) is 2.81. The Balaban J connectivity index is 2.04. The van der Waals surface area contributed by atoms with E-state index in [1.807, 2.05) is 0 Å². The van der Waals surface area contributed by atoms with Crippen LogP contribution in [-0.4, -0.2) is 46.9 Å². The lowest BCUT2D eigenvalue weighted by molar-refractivity contribution is -0.146. The number of hydrogen-bond acceptors (Lipinski definition) is 3. The number of hydrogen-bond donors (Lipinski definition) is 2. The van der Waals surface area contributed by atoms with E-state index in [1.54, 1.807) is 43.0 Å². The topological polar surface area (TPSA) is 86.7 Å². The number of likely N-dealkylation sites (tertiary alicyclic amines) is 1. The number of nitrogens with one attached hydrogen (secondary N) is 1. The number of nitrogens with zero attached hydrogens (tertiary/aromatic N) is 1. The van der Waals surface area contributed by atoms with Crippen molar-refractivity contribution >= 4 is 33.7 Å². The number of carboxylic acid groups (broad SMARTS) is 1. The van der Waals surface area contributed by atoms with Gasteiger partial charge in [0.1, 0.15) is 6.04 Å². The molecule has 0 aromatic heterocycles. The molecular weight excluding hydrogens is 376 g/mol. The van der Waals surface area contributed by atoms with Gasteiger partial charge < -0.3 is 15.3 Å². The van der Waals surface area contributed by atoms with Crippen molar-refractivity contribution < 1.29 is 19.5 Å². The molecule has 0 spiro atoms. The summed E-state index contributed by atoms with van der Waals surface area (Å²) in [6.07, 6.45) is 1.34. The molecule has 1 heterocycles. The van der Waals surface area contributed by atoms with Crippen LogP contribution in [-0.2, 0) is 9.59 Å². The van der Waals surface area contributed by atoms with Gasteiger partial charge in [-0.15, -0.1) is 0 Å². The summed E-state index contributed by atoms with van der Waals surface area (Å²) in [5, 5.41) is 11.8. The van der Waals surface area contributed by atoms with Crippen molar-refractivity contribution in [3.05, 3.63) is 34.3 Å². The summed E-state index contributed by atoms with van der Waals surface area (Å²) in [4.78, 5) is 37.7. The van der Waals surface area contributed by atoms with Gasteiger partial charge in [-0.3, -0.25) is 14.4 Å². The van der Waals surface area contributed by atoms with E-state index in [9.17, 15) is 14.4 Å². The molecule has 24 heavy (non-hydrogen) atoms. The monoisotopic (exact) mass is 396 g/mol. The zero-order valence-electron chi connectivity index (χ0n) is 13.7. The fraction of sp³-hybridized carbons (Fsp3) is 0.471. The molecule has 1 fully saturated rings. The molecule has 1 aliphatic rings. The van der Waals surface area contributed by atoms with Crippen molar-refractivity contribution in [2.45, 2.75) is 32.7 Å². The van der Waals surface area contributed by atoms with Gasteiger partial charge in [0.2, 0.25) is 5.91 Å². The van der Waals surface area contributed by atoms with Crippen molar-refractivity contribution in [2.75, 3.05) is 13.1 Å². The summed E-state index contributed by atoms with van der Waals surface area (Å²) in [5.41, 5.74) is -0.516. The Morgan fingerprint density at radius 1 is 1.29 bits per heavy atom. The maximum atomic E-state index is 12.6. The standard InChI is InChI=1S/C17H21BrN2O4/c1-17(2,16(23)24)10-19-14(21)13-4-3-9-20(13)15(22)11-5-7-12(18)8-6-11/h5-8,13H,3-4,9-10H2,1-2H3,(H,19,21)(H,23,24). The molecule has 7 heteroatoms. The van der Waals surface area contributed by atoms with Crippen LogP contribution in [0.5, 0.6) is 0 Å². The molecule has 6 nitrogen and oxygen atoms in total. The molecule has 1 aromatic carbocycles. The highest BCUT2D eigenvalue weighted by Crippen LogP contribution is 2.22. The Morgan fingerprint density at radius 2 is 1.92 bits per heavy atom.